The van der Waals surface area contributed by atoms with E-state index in [9.17, 15) is 9.90 Å². The molecular weight excluding hydrogens is 478 g/mol. The third-order valence-corrected chi connectivity index (χ3v) is 8.39. The normalized spacial score (nSPS) is 22.1. The third kappa shape index (κ3) is 4.39. The van der Waals surface area contributed by atoms with E-state index >= 15 is 0 Å². The number of carbonyl (C=O) groups is 1. The van der Waals surface area contributed by atoms with E-state index in [0.29, 0.717) is 30.8 Å². The van der Waals surface area contributed by atoms with Crippen molar-refractivity contribution in [1.82, 2.24) is 25.1 Å². The molecule has 3 aliphatic rings. The molecule has 2 aliphatic heterocycles. The minimum absolute atomic E-state index is 0.0717. The minimum atomic E-state index is -0.977. The van der Waals surface area contributed by atoms with Gasteiger partial charge in [0.15, 0.2) is 11.6 Å². The molecule has 11 heteroatoms. The van der Waals surface area contributed by atoms with E-state index in [1.165, 1.54) is 24.2 Å². The lowest BCUT2D eigenvalue weighted by Gasteiger charge is -2.35. The van der Waals surface area contributed by atoms with Gasteiger partial charge in [0.05, 0.1) is 27.9 Å². The number of carbonyl (C=O) groups excluding carboxylic acids is 1. The lowest BCUT2D eigenvalue weighted by Crippen LogP contribution is -2.50. The highest BCUT2D eigenvalue weighted by Crippen LogP contribution is 2.42. The number of aromatic amines is 1. The second kappa shape index (κ2) is 8.04. The van der Waals surface area contributed by atoms with Gasteiger partial charge >= 0.3 is 6.09 Å². The summed E-state index contributed by atoms with van der Waals surface area (Å²) in [5.41, 5.74) is 0.435. The zero-order valence-corrected chi connectivity index (χ0v) is 22.1. The number of fused-ring (bicyclic) bond motifs is 3. The van der Waals surface area contributed by atoms with Crippen molar-refractivity contribution in [3.05, 3.63) is 22.7 Å². The first-order chi connectivity index (χ1) is 16.9. The molecule has 6 rings (SSSR count). The molecule has 3 N–H and O–H groups in total. The second-order valence-electron chi connectivity index (χ2n) is 11.7. The number of ether oxygens (including phenoxy) is 1. The second-order valence-corrected chi connectivity index (χ2v) is 12.7. The maximum atomic E-state index is 12.7. The van der Waals surface area contributed by atoms with Gasteiger partial charge in [-0.3, -0.25) is 5.10 Å². The summed E-state index contributed by atoms with van der Waals surface area (Å²) in [5, 5.41) is 21.6. The van der Waals surface area contributed by atoms with Crippen molar-refractivity contribution < 1.29 is 14.6 Å². The van der Waals surface area contributed by atoms with Gasteiger partial charge in [-0.2, -0.15) is 10.1 Å². The van der Waals surface area contributed by atoms with E-state index < -0.39 is 11.2 Å². The summed E-state index contributed by atoms with van der Waals surface area (Å²) in [6, 6.07) is 4.19. The van der Waals surface area contributed by atoms with E-state index in [1.54, 1.807) is 13.8 Å². The summed E-state index contributed by atoms with van der Waals surface area (Å²) in [4.78, 5) is 27.4. The number of aliphatic hydroxyl groups is 1. The van der Waals surface area contributed by atoms with Gasteiger partial charge < -0.3 is 25.0 Å². The fourth-order valence-corrected chi connectivity index (χ4v) is 6.06. The maximum absolute atomic E-state index is 12.7. The molecule has 36 heavy (non-hydrogen) atoms. The molecule has 3 aromatic rings. The summed E-state index contributed by atoms with van der Waals surface area (Å²) in [6.07, 6.45) is 3.00. The number of likely N-dealkylation sites (tertiary alicyclic amines) is 1. The van der Waals surface area contributed by atoms with Gasteiger partial charge in [-0.25, -0.2) is 9.78 Å². The summed E-state index contributed by atoms with van der Waals surface area (Å²) in [7, 11) is 0. The monoisotopic (exact) mass is 511 g/mol. The van der Waals surface area contributed by atoms with E-state index in [1.807, 2.05) is 37.8 Å². The molecule has 2 atom stereocenters. The van der Waals surface area contributed by atoms with Crippen molar-refractivity contribution in [2.75, 3.05) is 23.3 Å². The molecule has 0 spiro atoms. The quantitative estimate of drug-likeness (QED) is 0.459. The van der Waals surface area contributed by atoms with Crippen LogP contribution in [0.4, 0.5) is 22.4 Å². The Morgan fingerprint density at radius 1 is 1.17 bits per heavy atom. The number of aromatic nitrogens is 4. The van der Waals surface area contributed by atoms with Crippen LogP contribution in [0.15, 0.2) is 12.1 Å². The third-order valence-electron chi connectivity index (χ3n) is 6.95. The number of hydrogen-bond donors (Lipinski definition) is 3. The Balaban J connectivity index is 1.30. The van der Waals surface area contributed by atoms with Crippen molar-refractivity contribution in [2.45, 2.75) is 83.1 Å². The molecule has 1 amide bonds. The highest BCUT2D eigenvalue weighted by molar-refractivity contribution is 7.19. The van der Waals surface area contributed by atoms with Gasteiger partial charge in [-0.05, 0) is 59.9 Å². The van der Waals surface area contributed by atoms with Crippen LogP contribution >= 0.6 is 11.3 Å². The number of anilines is 3. The van der Waals surface area contributed by atoms with Crippen molar-refractivity contribution in [1.29, 1.82) is 0 Å². The maximum Gasteiger partial charge on any atom is 0.410 e. The predicted octanol–water partition coefficient (Wildman–Crippen LogP) is 4.46. The van der Waals surface area contributed by atoms with Crippen LogP contribution in [0, 0.1) is 0 Å². The van der Waals surface area contributed by atoms with E-state index in [0.717, 1.165) is 33.0 Å². The number of rotatable bonds is 5. The lowest BCUT2D eigenvalue weighted by atomic mass is 10.1. The van der Waals surface area contributed by atoms with E-state index in [4.69, 9.17) is 14.7 Å². The molecule has 0 radical (unpaired) electrons. The van der Waals surface area contributed by atoms with Gasteiger partial charge in [0, 0.05) is 35.6 Å². The summed E-state index contributed by atoms with van der Waals surface area (Å²) >= 11 is 1.49. The molecule has 10 nitrogen and oxygen atoms in total. The van der Waals surface area contributed by atoms with Crippen molar-refractivity contribution in [2.24, 2.45) is 0 Å². The minimum Gasteiger partial charge on any atom is -0.444 e. The van der Waals surface area contributed by atoms with Gasteiger partial charge in [0.2, 0.25) is 5.95 Å². The highest BCUT2D eigenvalue weighted by atomic mass is 32.1. The molecule has 1 saturated carbocycles. The first-order valence-electron chi connectivity index (χ1n) is 12.6. The summed E-state index contributed by atoms with van der Waals surface area (Å²) in [5.74, 6) is 2.60. The predicted molar refractivity (Wildman–Crippen MR) is 139 cm³/mol. The molecule has 5 heterocycles. The Bertz CT molecular complexity index is 1320. The van der Waals surface area contributed by atoms with Crippen LogP contribution in [0.1, 0.15) is 70.4 Å². The summed E-state index contributed by atoms with van der Waals surface area (Å²) in [6.45, 7) is 10.5. The smallest absolute Gasteiger partial charge is 0.410 e. The van der Waals surface area contributed by atoms with E-state index in [-0.39, 0.29) is 18.2 Å². The number of nitrogens with zero attached hydrogens (tertiary/aromatic N) is 5. The first kappa shape index (κ1) is 23.5. The van der Waals surface area contributed by atoms with Gasteiger partial charge in [-0.1, -0.05) is 0 Å². The molecule has 2 bridgehead atoms. The molecule has 2 saturated heterocycles. The van der Waals surface area contributed by atoms with E-state index in [2.05, 4.69) is 20.4 Å². The Morgan fingerprint density at radius 3 is 2.58 bits per heavy atom. The summed E-state index contributed by atoms with van der Waals surface area (Å²) < 4.78 is 6.49. The topological polar surface area (TPSA) is 120 Å². The zero-order valence-electron chi connectivity index (χ0n) is 21.3. The molecule has 192 valence electrons. The van der Waals surface area contributed by atoms with Crippen molar-refractivity contribution >= 4 is 45.2 Å². The van der Waals surface area contributed by atoms with Crippen LogP contribution in [0.5, 0.6) is 0 Å². The highest BCUT2D eigenvalue weighted by Gasteiger charge is 2.47. The fourth-order valence-electron chi connectivity index (χ4n) is 5.01. The van der Waals surface area contributed by atoms with Crippen molar-refractivity contribution in [3.8, 4) is 0 Å². The number of piperazine rings is 1. The number of H-pyrrole nitrogens is 1. The van der Waals surface area contributed by atoms with Gasteiger partial charge in [0.1, 0.15) is 5.60 Å². The molecular formula is C25H33N7O3S. The van der Waals surface area contributed by atoms with Crippen LogP contribution in [-0.4, -0.2) is 67.0 Å². The molecule has 1 aliphatic carbocycles. The van der Waals surface area contributed by atoms with Gasteiger partial charge in [0.25, 0.3) is 0 Å². The number of thiophene rings is 1. The number of hydrogen-bond acceptors (Lipinski definition) is 9. The SMILES string of the molecule is CC(C)(C)OC(=O)N1CC2CC1CN2c1nc(Nc2cc(C3CC3)[nH]n2)c2sc(C(C)(C)O)cc2n1. The lowest BCUT2D eigenvalue weighted by molar-refractivity contribution is 0.0214. The first-order valence-corrected chi connectivity index (χ1v) is 13.4. The van der Waals surface area contributed by atoms with Crippen LogP contribution in [0.2, 0.25) is 0 Å². The Morgan fingerprint density at radius 2 is 1.94 bits per heavy atom. The zero-order chi connectivity index (χ0) is 25.4. The van der Waals surface area contributed by atoms with Crippen LogP contribution < -0.4 is 10.2 Å². The molecule has 0 aromatic carbocycles. The van der Waals surface area contributed by atoms with Gasteiger partial charge in [-0.15, -0.1) is 11.3 Å². The Labute approximate surface area is 214 Å². The average molecular weight is 512 g/mol. The van der Waals surface area contributed by atoms with Crippen LogP contribution in [0.3, 0.4) is 0 Å². The van der Waals surface area contributed by atoms with Crippen molar-refractivity contribution in [3.63, 3.8) is 0 Å². The Kier molecular flexibility index (Phi) is 5.24. The molecule has 3 fully saturated rings. The molecule has 2 unspecified atom stereocenters. The standard InChI is InChI=1S/C25H33N7O3S/c1-24(2,3)35-23(33)32-12-14-8-15(32)11-31(14)22-26-17-9-18(25(4,5)34)36-20(17)21(28-22)27-19-10-16(29-30-19)13-6-7-13/h9-10,13-15,34H,6-8,11-12H2,1-5H3,(H2,26,27,28,29,30). The largest absolute Gasteiger partial charge is 0.444 e. The molecule has 3 aromatic heterocycles. The average Bonchev–Trinajstić information content (AvgIpc) is 3.16. The fraction of sp³-hybridized carbons (Fsp3) is 0.600. The van der Waals surface area contributed by atoms with Crippen LogP contribution in [0.25, 0.3) is 10.2 Å². The number of nitrogens with one attached hydrogen (secondary N) is 2. The number of amides is 1. The Hall–Kier alpha value is -2.92. The van der Waals surface area contributed by atoms with Crippen LogP contribution in [-0.2, 0) is 10.3 Å².